The number of phenolic OH excluding ortho intramolecular Hbond substituents is 1. The number of hydrazone groups is 1. The van der Waals surface area contributed by atoms with Gasteiger partial charge in [-0.1, -0.05) is 11.6 Å². The first-order valence-corrected chi connectivity index (χ1v) is 7.38. The molecule has 11 heteroatoms. The minimum Gasteiger partial charge on any atom is -0.500 e. The maximum Gasteiger partial charge on any atom is 0.315 e. The number of aromatic hydroxyl groups is 1. The van der Waals surface area contributed by atoms with Gasteiger partial charge >= 0.3 is 5.69 Å². The summed E-state index contributed by atoms with van der Waals surface area (Å²) in [6.07, 6.45) is 2.56. The van der Waals surface area contributed by atoms with E-state index in [9.17, 15) is 20.0 Å². The Morgan fingerprint density at radius 3 is 2.92 bits per heavy atom. The summed E-state index contributed by atoms with van der Waals surface area (Å²) in [5.41, 5.74) is 2.00. The lowest BCUT2D eigenvalue weighted by Crippen LogP contribution is -2.20. The zero-order valence-corrected chi connectivity index (χ0v) is 14.0. The molecule has 0 unspecified atom stereocenters. The van der Waals surface area contributed by atoms with Crippen molar-refractivity contribution in [3.05, 3.63) is 49.4 Å². The number of hydrogen-bond donors (Lipinski definition) is 2. The van der Waals surface area contributed by atoms with Crippen LogP contribution in [-0.2, 0) is 7.05 Å². The maximum absolute atomic E-state index is 11.7. The number of benzene rings is 1. The quantitative estimate of drug-likeness (QED) is 0.452. The van der Waals surface area contributed by atoms with Crippen molar-refractivity contribution in [1.29, 1.82) is 0 Å². The highest BCUT2D eigenvalue weighted by atomic mass is 35.5. The van der Waals surface area contributed by atoms with E-state index in [0.717, 1.165) is 10.7 Å². The molecular weight excluding hydrogens is 354 g/mol. The van der Waals surface area contributed by atoms with Crippen LogP contribution in [-0.4, -0.2) is 32.6 Å². The zero-order valence-electron chi connectivity index (χ0n) is 13.3. The molecule has 10 nitrogen and oxygen atoms in total. The number of aryl methyl sites for hydroxylation is 1. The Hall–Kier alpha value is -3.14. The zero-order chi connectivity index (χ0) is 18.6. The Balaban J connectivity index is 2.30. The summed E-state index contributed by atoms with van der Waals surface area (Å²) in [5, 5.41) is 28.4. The molecule has 2 rings (SSSR count). The van der Waals surface area contributed by atoms with E-state index in [-0.39, 0.29) is 23.1 Å². The first kappa shape index (κ1) is 18.2. The van der Waals surface area contributed by atoms with Gasteiger partial charge in [0.25, 0.3) is 5.56 Å². The van der Waals surface area contributed by atoms with Crippen LogP contribution < -0.4 is 15.7 Å². The van der Waals surface area contributed by atoms with Gasteiger partial charge in [-0.05, 0) is 13.0 Å². The van der Waals surface area contributed by atoms with Crippen LogP contribution in [0.2, 0.25) is 5.02 Å². The number of nitrogens with zero attached hydrogens (tertiary/aromatic N) is 4. The van der Waals surface area contributed by atoms with E-state index >= 15 is 0 Å². The molecule has 0 saturated heterocycles. The molecule has 1 aromatic carbocycles. The van der Waals surface area contributed by atoms with Crippen LogP contribution in [0.4, 0.5) is 11.4 Å². The Morgan fingerprint density at radius 2 is 2.28 bits per heavy atom. The van der Waals surface area contributed by atoms with Crippen molar-refractivity contribution in [3.8, 4) is 11.5 Å². The second kappa shape index (κ2) is 7.62. The lowest BCUT2D eigenvalue weighted by molar-refractivity contribution is -0.386. The standard InChI is InChI=1S/C14H14ClN5O5/c1-3-25-11-5-8(4-10(13(11)21)20(23)24)6-16-18-9-7-17-19(2)14(22)12(9)15/h4-7,18,21H,3H2,1-2H3/b16-6-. The van der Waals surface area contributed by atoms with Crippen molar-refractivity contribution in [2.24, 2.45) is 12.1 Å². The number of phenols is 1. The normalized spacial score (nSPS) is 10.8. The van der Waals surface area contributed by atoms with E-state index in [1.165, 1.54) is 25.5 Å². The van der Waals surface area contributed by atoms with E-state index in [0.29, 0.717) is 5.56 Å². The number of nitro benzene ring substituents is 1. The molecule has 0 saturated carbocycles. The minimum absolute atomic E-state index is 0.0357. The van der Waals surface area contributed by atoms with E-state index in [2.05, 4.69) is 15.6 Å². The van der Waals surface area contributed by atoms with Crippen molar-refractivity contribution in [2.45, 2.75) is 6.92 Å². The SMILES string of the molecule is CCOc1cc(/C=N\Nc2cnn(C)c(=O)c2Cl)cc([N+](=O)[O-])c1O. The minimum atomic E-state index is -0.732. The molecule has 0 fully saturated rings. The van der Waals surface area contributed by atoms with Crippen LogP contribution in [0.5, 0.6) is 11.5 Å². The highest BCUT2D eigenvalue weighted by Gasteiger charge is 2.19. The Labute approximate surface area is 146 Å². The molecule has 0 aliphatic rings. The van der Waals surface area contributed by atoms with Gasteiger partial charge in [0.05, 0.1) is 23.9 Å². The number of nitro groups is 1. The molecule has 0 aliphatic heterocycles. The summed E-state index contributed by atoms with van der Waals surface area (Å²) in [6.45, 7) is 1.90. The Morgan fingerprint density at radius 1 is 1.56 bits per heavy atom. The fraction of sp³-hybridized carbons (Fsp3) is 0.214. The lowest BCUT2D eigenvalue weighted by atomic mass is 10.2. The number of rotatable bonds is 6. The van der Waals surface area contributed by atoms with E-state index < -0.39 is 21.9 Å². The highest BCUT2D eigenvalue weighted by molar-refractivity contribution is 6.32. The summed E-state index contributed by atoms with van der Waals surface area (Å²) in [5.74, 6) is -0.595. The van der Waals surface area contributed by atoms with Gasteiger partial charge in [0.1, 0.15) is 10.7 Å². The summed E-state index contributed by atoms with van der Waals surface area (Å²) >= 11 is 5.88. The van der Waals surface area contributed by atoms with Crippen LogP contribution in [0.15, 0.2) is 28.2 Å². The van der Waals surface area contributed by atoms with Gasteiger partial charge in [0.2, 0.25) is 5.75 Å². The molecule has 2 aromatic rings. The van der Waals surface area contributed by atoms with Crippen molar-refractivity contribution < 1.29 is 14.8 Å². The molecule has 1 aromatic heterocycles. The van der Waals surface area contributed by atoms with Gasteiger partial charge in [-0.2, -0.15) is 10.2 Å². The van der Waals surface area contributed by atoms with Crippen molar-refractivity contribution >= 4 is 29.2 Å². The van der Waals surface area contributed by atoms with E-state index in [1.54, 1.807) is 6.92 Å². The van der Waals surface area contributed by atoms with Gasteiger partial charge in [-0.3, -0.25) is 20.3 Å². The Kier molecular flexibility index (Phi) is 5.55. The van der Waals surface area contributed by atoms with E-state index in [4.69, 9.17) is 16.3 Å². The summed E-state index contributed by atoms with van der Waals surface area (Å²) in [6, 6.07) is 2.52. The van der Waals surface area contributed by atoms with Crippen LogP contribution in [0.3, 0.4) is 0 Å². The average Bonchev–Trinajstić information content (AvgIpc) is 2.57. The number of anilines is 1. The lowest BCUT2D eigenvalue weighted by Gasteiger charge is -2.07. The van der Waals surface area contributed by atoms with Crippen LogP contribution in [0.1, 0.15) is 12.5 Å². The van der Waals surface area contributed by atoms with Crippen LogP contribution >= 0.6 is 11.6 Å². The van der Waals surface area contributed by atoms with Crippen LogP contribution in [0, 0.1) is 10.1 Å². The fourth-order valence-electron chi connectivity index (χ4n) is 1.86. The number of hydrogen-bond acceptors (Lipinski definition) is 8. The summed E-state index contributed by atoms with van der Waals surface area (Å²) < 4.78 is 6.23. The van der Waals surface area contributed by atoms with Gasteiger partial charge in [-0.25, -0.2) is 4.68 Å². The molecule has 0 spiro atoms. The van der Waals surface area contributed by atoms with E-state index in [1.807, 2.05) is 0 Å². The van der Waals surface area contributed by atoms with Crippen molar-refractivity contribution in [1.82, 2.24) is 9.78 Å². The molecule has 0 radical (unpaired) electrons. The highest BCUT2D eigenvalue weighted by Crippen LogP contribution is 2.36. The van der Waals surface area contributed by atoms with Gasteiger partial charge in [0.15, 0.2) is 5.75 Å². The van der Waals surface area contributed by atoms with Crippen LogP contribution in [0.25, 0.3) is 0 Å². The summed E-state index contributed by atoms with van der Waals surface area (Å²) in [4.78, 5) is 21.9. The third-order valence-electron chi connectivity index (χ3n) is 3.05. The largest absolute Gasteiger partial charge is 0.500 e. The monoisotopic (exact) mass is 367 g/mol. The van der Waals surface area contributed by atoms with Gasteiger partial charge < -0.3 is 9.84 Å². The number of nitrogens with one attached hydrogen (secondary N) is 1. The molecule has 0 bridgehead atoms. The van der Waals surface area contributed by atoms with Crippen molar-refractivity contribution in [3.63, 3.8) is 0 Å². The third kappa shape index (κ3) is 4.04. The molecular formula is C14H14ClN5O5. The number of aromatic nitrogens is 2. The Bertz CT molecular complexity index is 896. The predicted molar refractivity (Wildman–Crippen MR) is 91.6 cm³/mol. The molecule has 0 aliphatic carbocycles. The van der Waals surface area contributed by atoms with Crippen molar-refractivity contribution in [2.75, 3.05) is 12.0 Å². The molecule has 1 heterocycles. The second-order valence-electron chi connectivity index (χ2n) is 4.75. The van der Waals surface area contributed by atoms with Gasteiger partial charge in [-0.15, -0.1) is 0 Å². The molecule has 25 heavy (non-hydrogen) atoms. The molecule has 2 N–H and O–H groups in total. The number of ether oxygens (including phenoxy) is 1. The summed E-state index contributed by atoms with van der Waals surface area (Å²) in [7, 11) is 1.45. The number of halogens is 1. The fourth-order valence-corrected chi connectivity index (χ4v) is 2.07. The third-order valence-corrected chi connectivity index (χ3v) is 3.42. The average molecular weight is 368 g/mol. The molecule has 0 amide bonds. The molecule has 0 atom stereocenters. The predicted octanol–water partition coefficient (Wildman–Crippen LogP) is 1.89. The second-order valence-corrected chi connectivity index (χ2v) is 5.13. The van der Waals surface area contributed by atoms with Gasteiger partial charge in [0, 0.05) is 18.7 Å². The topological polar surface area (TPSA) is 132 Å². The first-order chi connectivity index (χ1) is 11.8. The smallest absolute Gasteiger partial charge is 0.315 e. The maximum atomic E-state index is 11.7. The molecule has 132 valence electrons. The first-order valence-electron chi connectivity index (χ1n) is 7.00.